The second-order valence-electron chi connectivity index (χ2n) is 6.60. The number of morpholine rings is 1. The molecular weight excluding hydrogens is 308 g/mol. The first kappa shape index (κ1) is 17.0. The fourth-order valence-electron chi connectivity index (χ4n) is 3.54. The van der Waals surface area contributed by atoms with Crippen molar-refractivity contribution in [3.05, 3.63) is 23.2 Å². The fourth-order valence-corrected chi connectivity index (χ4v) is 3.54. The summed E-state index contributed by atoms with van der Waals surface area (Å²) in [6.45, 7) is 7.65. The van der Waals surface area contributed by atoms with Gasteiger partial charge < -0.3 is 19.0 Å². The van der Waals surface area contributed by atoms with Crippen LogP contribution in [0.2, 0.25) is 0 Å². The number of likely N-dealkylation sites (tertiary alicyclic amines) is 1. The monoisotopic (exact) mass is 334 g/mol. The number of furan rings is 1. The topological polar surface area (TPSA) is 63.0 Å². The first-order valence-electron chi connectivity index (χ1n) is 8.85. The Morgan fingerprint density at radius 3 is 2.62 bits per heavy atom. The van der Waals surface area contributed by atoms with E-state index in [1.807, 2.05) is 24.8 Å². The largest absolute Gasteiger partial charge is 0.456 e. The number of nitrogens with zero attached hydrogens (tertiary/aromatic N) is 2. The SMILES string of the molecule is CCc1oc(C(=O)N2CCCC(C(=O)N3CCOCC3)C2)cc1C. The number of rotatable bonds is 3. The molecule has 2 aliphatic rings. The lowest BCUT2D eigenvalue weighted by atomic mass is 9.96. The molecule has 1 unspecified atom stereocenters. The number of ether oxygens (including phenoxy) is 1. The quantitative estimate of drug-likeness (QED) is 0.846. The van der Waals surface area contributed by atoms with Gasteiger partial charge in [-0.05, 0) is 31.4 Å². The lowest BCUT2D eigenvalue weighted by Crippen LogP contribution is -2.49. The average Bonchev–Trinajstić information content (AvgIpc) is 3.02. The Hall–Kier alpha value is -1.82. The smallest absolute Gasteiger partial charge is 0.289 e. The average molecular weight is 334 g/mol. The predicted molar refractivity (Wildman–Crippen MR) is 88.8 cm³/mol. The molecule has 0 aromatic carbocycles. The van der Waals surface area contributed by atoms with Gasteiger partial charge in [-0.2, -0.15) is 0 Å². The zero-order valence-corrected chi connectivity index (χ0v) is 14.5. The summed E-state index contributed by atoms with van der Waals surface area (Å²) < 4.78 is 11.0. The van der Waals surface area contributed by atoms with Crippen LogP contribution in [0.15, 0.2) is 10.5 Å². The molecule has 1 aromatic rings. The summed E-state index contributed by atoms with van der Waals surface area (Å²) in [4.78, 5) is 29.0. The summed E-state index contributed by atoms with van der Waals surface area (Å²) in [7, 11) is 0. The third kappa shape index (κ3) is 3.48. The minimum atomic E-state index is -0.109. The molecule has 0 saturated carbocycles. The molecule has 3 rings (SSSR count). The van der Waals surface area contributed by atoms with E-state index in [1.54, 1.807) is 4.90 Å². The van der Waals surface area contributed by atoms with Gasteiger partial charge >= 0.3 is 0 Å². The molecule has 24 heavy (non-hydrogen) atoms. The van der Waals surface area contributed by atoms with Gasteiger partial charge in [0.05, 0.1) is 19.1 Å². The zero-order chi connectivity index (χ0) is 17.1. The molecule has 2 fully saturated rings. The van der Waals surface area contributed by atoms with Crippen LogP contribution in [0.3, 0.4) is 0 Å². The van der Waals surface area contributed by atoms with Crippen molar-refractivity contribution < 1.29 is 18.7 Å². The third-order valence-corrected chi connectivity index (χ3v) is 4.93. The molecule has 0 N–H and O–H groups in total. The van der Waals surface area contributed by atoms with Crippen molar-refractivity contribution in [3.63, 3.8) is 0 Å². The molecule has 0 aliphatic carbocycles. The molecule has 2 saturated heterocycles. The molecule has 6 nitrogen and oxygen atoms in total. The van der Waals surface area contributed by atoms with Crippen LogP contribution in [0.1, 0.15) is 41.6 Å². The van der Waals surface area contributed by atoms with Crippen molar-refractivity contribution in [2.45, 2.75) is 33.1 Å². The number of aryl methyl sites for hydroxylation is 2. The van der Waals surface area contributed by atoms with Gasteiger partial charge in [0.25, 0.3) is 5.91 Å². The molecule has 0 bridgehead atoms. The number of piperidine rings is 1. The van der Waals surface area contributed by atoms with E-state index in [1.165, 1.54) is 0 Å². The molecule has 2 amide bonds. The lowest BCUT2D eigenvalue weighted by molar-refractivity contribution is -0.141. The number of carbonyl (C=O) groups is 2. The van der Waals surface area contributed by atoms with E-state index < -0.39 is 0 Å². The van der Waals surface area contributed by atoms with Crippen LogP contribution >= 0.6 is 0 Å². The summed E-state index contributed by atoms with van der Waals surface area (Å²) >= 11 is 0. The maximum absolute atomic E-state index is 12.7. The molecule has 1 aromatic heterocycles. The van der Waals surface area contributed by atoms with Gasteiger partial charge in [0.1, 0.15) is 5.76 Å². The van der Waals surface area contributed by atoms with Gasteiger partial charge in [-0.15, -0.1) is 0 Å². The van der Waals surface area contributed by atoms with E-state index in [-0.39, 0.29) is 17.7 Å². The van der Waals surface area contributed by atoms with E-state index in [0.29, 0.717) is 45.2 Å². The minimum Gasteiger partial charge on any atom is -0.456 e. The molecule has 6 heteroatoms. The Labute approximate surface area is 142 Å². The second kappa shape index (κ2) is 7.38. The first-order valence-corrected chi connectivity index (χ1v) is 8.85. The van der Waals surface area contributed by atoms with Gasteiger partial charge in [-0.1, -0.05) is 6.92 Å². The highest BCUT2D eigenvalue weighted by atomic mass is 16.5. The normalized spacial score (nSPS) is 21.8. The van der Waals surface area contributed by atoms with Crippen molar-refractivity contribution in [3.8, 4) is 0 Å². The maximum atomic E-state index is 12.7. The van der Waals surface area contributed by atoms with Gasteiger partial charge in [-0.25, -0.2) is 0 Å². The molecule has 2 aliphatic heterocycles. The maximum Gasteiger partial charge on any atom is 0.289 e. The van der Waals surface area contributed by atoms with Gasteiger partial charge in [0.2, 0.25) is 5.91 Å². The van der Waals surface area contributed by atoms with E-state index in [2.05, 4.69) is 0 Å². The predicted octanol–water partition coefficient (Wildman–Crippen LogP) is 1.86. The Kier molecular flexibility index (Phi) is 5.23. The Morgan fingerprint density at radius 1 is 1.21 bits per heavy atom. The Bertz CT molecular complexity index is 604. The van der Waals surface area contributed by atoms with Crippen LogP contribution in [-0.2, 0) is 16.0 Å². The first-order chi connectivity index (χ1) is 11.6. The Morgan fingerprint density at radius 2 is 1.96 bits per heavy atom. The summed E-state index contributed by atoms with van der Waals surface area (Å²) in [6.07, 6.45) is 2.47. The third-order valence-electron chi connectivity index (χ3n) is 4.93. The Balaban J connectivity index is 1.65. The lowest BCUT2D eigenvalue weighted by Gasteiger charge is -2.35. The van der Waals surface area contributed by atoms with Gasteiger partial charge in [0.15, 0.2) is 5.76 Å². The standard InChI is InChI=1S/C18H26N2O4/c1-3-15-13(2)11-16(24-15)18(22)20-6-4-5-14(12-20)17(21)19-7-9-23-10-8-19/h11,14H,3-10,12H2,1-2H3. The summed E-state index contributed by atoms with van der Waals surface area (Å²) in [5.41, 5.74) is 1.01. The summed E-state index contributed by atoms with van der Waals surface area (Å²) in [5, 5.41) is 0. The van der Waals surface area contributed by atoms with Crippen LogP contribution in [0, 0.1) is 12.8 Å². The zero-order valence-electron chi connectivity index (χ0n) is 14.5. The molecule has 0 spiro atoms. The highest BCUT2D eigenvalue weighted by Gasteiger charge is 2.33. The number of carbonyl (C=O) groups excluding carboxylic acids is 2. The van der Waals surface area contributed by atoms with Crippen molar-refractivity contribution in [2.75, 3.05) is 39.4 Å². The van der Waals surface area contributed by atoms with E-state index in [4.69, 9.17) is 9.15 Å². The van der Waals surface area contributed by atoms with Crippen LogP contribution < -0.4 is 0 Å². The number of hydrogen-bond acceptors (Lipinski definition) is 4. The summed E-state index contributed by atoms with van der Waals surface area (Å²) in [6, 6.07) is 1.81. The van der Waals surface area contributed by atoms with Crippen molar-refractivity contribution in [1.82, 2.24) is 9.80 Å². The fraction of sp³-hybridized carbons (Fsp3) is 0.667. The molecule has 1 atom stereocenters. The van der Waals surface area contributed by atoms with Crippen molar-refractivity contribution >= 4 is 11.8 Å². The minimum absolute atomic E-state index is 0.0997. The summed E-state index contributed by atoms with van der Waals surface area (Å²) in [5.74, 6) is 1.19. The van der Waals surface area contributed by atoms with E-state index >= 15 is 0 Å². The van der Waals surface area contributed by atoms with E-state index in [9.17, 15) is 9.59 Å². The van der Waals surface area contributed by atoms with Crippen LogP contribution in [0.4, 0.5) is 0 Å². The molecule has 132 valence electrons. The number of amides is 2. The molecule has 0 radical (unpaired) electrons. The van der Waals surface area contributed by atoms with Crippen LogP contribution in [0.25, 0.3) is 0 Å². The molecular formula is C18H26N2O4. The second-order valence-corrected chi connectivity index (χ2v) is 6.60. The highest BCUT2D eigenvalue weighted by molar-refractivity contribution is 5.92. The van der Waals surface area contributed by atoms with Crippen LogP contribution in [-0.4, -0.2) is 61.0 Å². The van der Waals surface area contributed by atoms with Gasteiger partial charge in [-0.3, -0.25) is 9.59 Å². The van der Waals surface area contributed by atoms with Crippen molar-refractivity contribution in [2.24, 2.45) is 5.92 Å². The van der Waals surface area contributed by atoms with E-state index in [0.717, 1.165) is 30.6 Å². The van der Waals surface area contributed by atoms with Crippen molar-refractivity contribution in [1.29, 1.82) is 0 Å². The van der Waals surface area contributed by atoms with Gasteiger partial charge in [0, 0.05) is 32.6 Å². The van der Waals surface area contributed by atoms with Crippen LogP contribution in [0.5, 0.6) is 0 Å². The molecule has 3 heterocycles. The number of hydrogen-bond donors (Lipinski definition) is 0. The highest BCUT2D eigenvalue weighted by Crippen LogP contribution is 2.23.